The fourth-order valence-electron chi connectivity index (χ4n) is 2.88. The summed E-state index contributed by atoms with van der Waals surface area (Å²) in [5.41, 5.74) is 6.04. The van der Waals surface area contributed by atoms with Crippen LogP contribution in [0.4, 0.5) is 5.69 Å². The highest BCUT2D eigenvalue weighted by molar-refractivity contribution is 5.94. The summed E-state index contributed by atoms with van der Waals surface area (Å²) >= 11 is 0. The summed E-state index contributed by atoms with van der Waals surface area (Å²) in [6.45, 7) is 0. The average Bonchev–Trinajstić information content (AvgIpc) is 2.47. The molecule has 0 spiro atoms. The molecule has 0 amide bonds. The minimum atomic E-state index is -0.386. The normalized spacial score (nSPS) is 22.1. The Morgan fingerprint density at radius 3 is 2.90 bits per heavy atom. The topological polar surface area (TPSA) is 91.3 Å². The van der Waals surface area contributed by atoms with Crippen LogP contribution in [0.15, 0.2) is 30.6 Å². The number of non-ortho nitro benzene ring substituents is 1. The molecule has 2 N–H and O–H groups in total. The van der Waals surface area contributed by atoms with Gasteiger partial charge in [0.15, 0.2) is 0 Å². The van der Waals surface area contributed by atoms with Crippen molar-refractivity contribution < 1.29 is 9.66 Å². The van der Waals surface area contributed by atoms with Gasteiger partial charge in [-0.1, -0.05) is 0 Å². The summed E-state index contributed by atoms with van der Waals surface area (Å²) in [5, 5.41) is 12.3. The molecule has 2 atom stereocenters. The van der Waals surface area contributed by atoms with Gasteiger partial charge >= 0.3 is 0 Å². The van der Waals surface area contributed by atoms with Crippen molar-refractivity contribution in [2.75, 3.05) is 0 Å². The molecule has 0 radical (unpaired) electrons. The van der Waals surface area contributed by atoms with Gasteiger partial charge in [-0.2, -0.15) is 0 Å². The molecular weight excluding hydrogens is 270 g/mol. The third-order valence-corrected chi connectivity index (χ3v) is 3.91. The second-order valence-electron chi connectivity index (χ2n) is 5.43. The van der Waals surface area contributed by atoms with E-state index in [1.54, 1.807) is 24.5 Å². The number of fused-ring (bicyclic) bond motifs is 1. The largest absolute Gasteiger partial charge is 0.490 e. The third kappa shape index (κ3) is 2.80. The van der Waals surface area contributed by atoms with Crippen LogP contribution in [-0.4, -0.2) is 22.1 Å². The maximum atomic E-state index is 11.1. The van der Waals surface area contributed by atoms with Gasteiger partial charge in [0, 0.05) is 29.9 Å². The number of rotatable bonds is 3. The van der Waals surface area contributed by atoms with E-state index in [1.807, 2.05) is 0 Å². The van der Waals surface area contributed by atoms with Crippen molar-refractivity contribution in [3.05, 3.63) is 40.7 Å². The highest BCUT2D eigenvalue weighted by Gasteiger charge is 2.22. The lowest BCUT2D eigenvalue weighted by Gasteiger charge is -2.27. The van der Waals surface area contributed by atoms with Gasteiger partial charge < -0.3 is 10.5 Å². The molecule has 3 rings (SSSR count). The van der Waals surface area contributed by atoms with Crippen LogP contribution in [-0.2, 0) is 0 Å². The van der Waals surface area contributed by atoms with Crippen molar-refractivity contribution in [1.82, 2.24) is 4.98 Å². The van der Waals surface area contributed by atoms with Gasteiger partial charge in [-0.05, 0) is 37.8 Å². The minimum absolute atomic E-state index is 0.0682. The van der Waals surface area contributed by atoms with Gasteiger partial charge in [0.1, 0.15) is 11.9 Å². The molecule has 0 aliphatic heterocycles. The monoisotopic (exact) mass is 287 g/mol. The zero-order chi connectivity index (χ0) is 14.8. The van der Waals surface area contributed by atoms with E-state index in [0.717, 1.165) is 25.7 Å². The van der Waals surface area contributed by atoms with Crippen molar-refractivity contribution in [1.29, 1.82) is 0 Å². The molecule has 6 heteroatoms. The van der Waals surface area contributed by atoms with E-state index in [2.05, 4.69) is 4.98 Å². The first-order valence-electron chi connectivity index (χ1n) is 7.08. The van der Waals surface area contributed by atoms with Crippen molar-refractivity contribution in [3.8, 4) is 5.75 Å². The first-order chi connectivity index (χ1) is 10.1. The van der Waals surface area contributed by atoms with Crippen LogP contribution in [0, 0.1) is 10.1 Å². The van der Waals surface area contributed by atoms with Gasteiger partial charge in [0.25, 0.3) is 5.69 Å². The molecule has 0 saturated heterocycles. The molecule has 1 aromatic carbocycles. The summed E-state index contributed by atoms with van der Waals surface area (Å²) in [4.78, 5) is 14.8. The number of nitro groups is 1. The SMILES string of the molecule is NC1CCCC(Oc2ccc([N+](=O)[O-])c3ccncc23)C1. The summed E-state index contributed by atoms with van der Waals surface area (Å²) in [6.07, 6.45) is 7.09. The molecule has 6 nitrogen and oxygen atoms in total. The number of ether oxygens (including phenoxy) is 1. The molecule has 110 valence electrons. The van der Waals surface area contributed by atoms with Crippen molar-refractivity contribution >= 4 is 16.5 Å². The maximum absolute atomic E-state index is 11.1. The Morgan fingerprint density at radius 2 is 2.14 bits per heavy atom. The summed E-state index contributed by atoms with van der Waals surface area (Å²) in [7, 11) is 0. The molecule has 21 heavy (non-hydrogen) atoms. The van der Waals surface area contributed by atoms with Crippen LogP contribution < -0.4 is 10.5 Å². The van der Waals surface area contributed by atoms with E-state index in [9.17, 15) is 10.1 Å². The molecule has 1 heterocycles. The number of benzene rings is 1. The molecule has 1 fully saturated rings. The molecule has 2 aromatic rings. The zero-order valence-corrected chi connectivity index (χ0v) is 11.6. The molecule has 1 saturated carbocycles. The number of hydrogen-bond donors (Lipinski definition) is 1. The van der Waals surface area contributed by atoms with E-state index >= 15 is 0 Å². The van der Waals surface area contributed by atoms with Crippen molar-refractivity contribution in [2.45, 2.75) is 37.8 Å². The predicted octanol–water partition coefficient (Wildman–Crippen LogP) is 2.79. The number of aromatic nitrogens is 1. The fraction of sp³-hybridized carbons (Fsp3) is 0.400. The van der Waals surface area contributed by atoms with Crippen LogP contribution in [0.5, 0.6) is 5.75 Å². The zero-order valence-electron chi connectivity index (χ0n) is 11.6. The van der Waals surface area contributed by atoms with Crippen LogP contribution >= 0.6 is 0 Å². The smallest absolute Gasteiger partial charge is 0.277 e. The summed E-state index contributed by atoms with van der Waals surface area (Å²) in [5.74, 6) is 0.641. The second-order valence-corrected chi connectivity index (χ2v) is 5.43. The Labute approximate surface area is 122 Å². The quantitative estimate of drug-likeness (QED) is 0.692. The molecule has 1 aliphatic rings. The van der Waals surface area contributed by atoms with Gasteiger partial charge in [-0.25, -0.2) is 0 Å². The Hall–Kier alpha value is -2.21. The van der Waals surface area contributed by atoms with Crippen LogP contribution in [0.2, 0.25) is 0 Å². The standard InChI is InChI=1S/C15H17N3O3/c16-10-2-1-3-11(8-10)21-15-5-4-14(18(19)20)12-6-7-17-9-13(12)15/h4-7,9-11H,1-3,8,16H2. The minimum Gasteiger partial charge on any atom is -0.490 e. The number of nitrogens with two attached hydrogens (primary N) is 1. The number of nitrogens with zero attached hydrogens (tertiary/aromatic N) is 2. The first kappa shape index (κ1) is 13.8. The van der Waals surface area contributed by atoms with Gasteiger partial charge in [-0.15, -0.1) is 0 Å². The number of nitro benzene ring substituents is 1. The van der Waals surface area contributed by atoms with Crippen molar-refractivity contribution in [2.24, 2.45) is 5.73 Å². The van der Waals surface area contributed by atoms with E-state index in [-0.39, 0.29) is 22.8 Å². The predicted molar refractivity (Wildman–Crippen MR) is 79.3 cm³/mol. The lowest BCUT2D eigenvalue weighted by atomic mass is 9.93. The Balaban J connectivity index is 1.96. The highest BCUT2D eigenvalue weighted by atomic mass is 16.6. The first-order valence-corrected chi connectivity index (χ1v) is 7.08. The molecule has 1 aliphatic carbocycles. The van der Waals surface area contributed by atoms with E-state index in [0.29, 0.717) is 16.5 Å². The van der Waals surface area contributed by atoms with Gasteiger partial charge in [-0.3, -0.25) is 15.1 Å². The Morgan fingerprint density at radius 1 is 1.29 bits per heavy atom. The highest BCUT2D eigenvalue weighted by Crippen LogP contribution is 2.34. The fourth-order valence-corrected chi connectivity index (χ4v) is 2.88. The van der Waals surface area contributed by atoms with Crippen LogP contribution in [0.1, 0.15) is 25.7 Å². The Kier molecular flexibility index (Phi) is 3.70. The molecule has 0 bridgehead atoms. The summed E-state index contributed by atoms with van der Waals surface area (Å²) in [6, 6.07) is 4.96. The number of pyridine rings is 1. The molecular formula is C15H17N3O3. The lowest BCUT2D eigenvalue weighted by molar-refractivity contribution is -0.383. The number of hydrogen-bond acceptors (Lipinski definition) is 5. The summed E-state index contributed by atoms with van der Waals surface area (Å²) < 4.78 is 6.03. The second kappa shape index (κ2) is 5.65. The van der Waals surface area contributed by atoms with Crippen LogP contribution in [0.3, 0.4) is 0 Å². The third-order valence-electron chi connectivity index (χ3n) is 3.91. The van der Waals surface area contributed by atoms with Crippen molar-refractivity contribution in [3.63, 3.8) is 0 Å². The van der Waals surface area contributed by atoms with Gasteiger partial charge in [0.2, 0.25) is 0 Å². The molecule has 2 unspecified atom stereocenters. The Bertz CT molecular complexity index is 674. The van der Waals surface area contributed by atoms with Crippen LogP contribution in [0.25, 0.3) is 10.8 Å². The van der Waals surface area contributed by atoms with E-state index in [1.165, 1.54) is 6.07 Å². The van der Waals surface area contributed by atoms with E-state index in [4.69, 9.17) is 10.5 Å². The lowest BCUT2D eigenvalue weighted by Crippen LogP contribution is -2.33. The maximum Gasteiger partial charge on any atom is 0.277 e. The van der Waals surface area contributed by atoms with Gasteiger partial charge in [0.05, 0.1) is 10.3 Å². The average molecular weight is 287 g/mol. The molecule has 1 aromatic heterocycles. The van der Waals surface area contributed by atoms with E-state index < -0.39 is 0 Å².